The SMILES string of the molecule is NCCNC(=O)c1sc2nc(C(F)(F)F)ccc2c1N. The van der Waals surface area contributed by atoms with Gasteiger partial charge in [0.25, 0.3) is 5.91 Å². The van der Waals surface area contributed by atoms with E-state index in [0.29, 0.717) is 5.39 Å². The number of hydrogen-bond donors (Lipinski definition) is 3. The van der Waals surface area contributed by atoms with Crippen molar-refractivity contribution in [3.05, 3.63) is 22.7 Å². The lowest BCUT2D eigenvalue weighted by atomic mass is 10.2. The number of nitrogen functional groups attached to an aromatic ring is 1. The van der Waals surface area contributed by atoms with Crippen molar-refractivity contribution in [1.82, 2.24) is 10.3 Å². The summed E-state index contributed by atoms with van der Waals surface area (Å²) < 4.78 is 37.7. The van der Waals surface area contributed by atoms with E-state index in [1.165, 1.54) is 6.07 Å². The number of pyridine rings is 1. The number of anilines is 1. The third kappa shape index (κ3) is 2.68. The molecule has 9 heteroatoms. The number of carbonyl (C=O) groups excluding carboxylic acids is 1. The van der Waals surface area contributed by atoms with Gasteiger partial charge in [0.2, 0.25) is 0 Å². The third-order valence-electron chi connectivity index (χ3n) is 2.52. The third-order valence-corrected chi connectivity index (χ3v) is 3.63. The molecule has 2 aromatic rings. The monoisotopic (exact) mass is 304 g/mol. The summed E-state index contributed by atoms with van der Waals surface area (Å²) in [4.78, 5) is 15.5. The van der Waals surface area contributed by atoms with Crippen molar-refractivity contribution in [2.75, 3.05) is 18.8 Å². The van der Waals surface area contributed by atoms with Crippen molar-refractivity contribution in [1.29, 1.82) is 0 Å². The van der Waals surface area contributed by atoms with Gasteiger partial charge in [0, 0.05) is 18.5 Å². The number of halogens is 3. The van der Waals surface area contributed by atoms with Gasteiger partial charge < -0.3 is 16.8 Å². The molecule has 2 aromatic heterocycles. The predicted molar refractivity (Wildman–Crippen MR) is 70.4 cm³/mol. The molecule has 5 nitrogen and oxygen atoms in total. The van der Waals surface area contributed by atoms with Gasteiger partial charge >= 0.3 is 6.18 Å². The van der Waals surface area contributed by atoms with E-state index in [1.54, 1.807) is 0 Å². The summed E-state index contributed by atoms with van der Waals surface area (Å²) in [5.41, 5.74) is 10.1. The lowest BCUT2D eigenvalue weighted by Crippen LogP contribution is -2.28. The molecular weight excluding hydrogens is 293 g/mol. The summed E-state index contributed by atoms with van der Waals surface area (Å²) in [6.45, 7) is 0.515. The Labute approximate surface area is 115 Å². The average Bonchev–Trinajstić information content (AvgIpc) is 2.72. The number of hydrogen-bond acceptors (Lipinski definition) is 5. The number of fused-ring (bicyclic) bond motifs is 1. The predicted octanol–water partition coefficient (Wildman–Crippen LogP) is 1.59. The van der Waals surface area contributed by atoms with Gasteiger partial charge in [-0.25, -0.2) is 4.98 Å². The van der Waals surface area contributed by atoms with Crippen LogP contribution in [0.15, 0.2) is 12.1 Å². The maximum atomic E-state index is 12.6. The number of alkyl halides is 3. The molecule has 0 bridgehead atoms. The van der Waals surface area contributed by atoms with Gasteiger partial charge in [-0.15, -0.1) is 11.3 Å². The fourth-order valence-corrected chi connectivity index (χ4v) is 2.60. The first kappa shape index (κ1) is 14.5. The van der Waals surface area contributed by atoms with Crippen LogP contribution >= 0.6 is 11.3 Å². The Balaban J connectivity index is 2.44. The van der Waals surface area contributed by atoms with Crippen molar-refractivity contribution in [2.45, 2.75) is 6.18 Å². The quantitative estimate of drug-likeness (QED) is 0.802. The molecule has 0 aliphatic carbocycles. The van der Waals surface area contributed by atoms with Crippen LogP contribution in [0.4, 0.5) is 18.9 Å². The van der Waals surface area contributed by atoms with E-state index < -0.39 is 17.8 Å². The van der Waals surface area contributed by atoms with E-state index in [1.807, 2.05) is 0 Å². The molecule has 0 saturated carbocycles. The fraction of sp³-hybridized carbons (Fsp3) is 0.273. The molecule has 0 unspecified atom stereocenters. The maximum absolute atomic E-state index is 12.6. The highest BCUT2D eigenvalue weighted by molar-refractivity contribution is 7.21. The van der Waals surface area contributed by atoms with Crippen LogP contribution in [-0.4, -0.2) is 24.0 Å². The minimum Gasteiger partial charge on any atom is -0.397 e. The summed E-state index contributed by atoms with van der Waals surface area (Å²) in [5, 5.41) is 2.85. The molecule has 0 spiro atoms. The zero-order valence-corrected chi connectivity index (χ0v) is 10.9. The van der Waals surface area contributed by atoms with Crippen LogP contribution in [0.2, 0.25) is 0 Å². The molecule has 0 atom stereocenters. The minimum absolute atomic E-state index is 0.0789. The smallest absolute Gasteiger partial charge is 0.397 e. The topological polar surface area (TPSA) is 94.0 Å². The number of aromatic nitrogens is 1. The second-order valence-electron chi connectivity index (χ2n) is 3.94. The van der Waals surface area contributed by atoms with Crippen LogP contribution in [0.5, 0.6) is 0 Å². The van der Waals surface area contributed by atoms with E-state index in [2.05, 4.69) is 10.3 Å². The van der Waals surface area contributed by atoms with Gasteiger partial charge in [0.1, 0.15) is 15.4 Å². The van der Waals surface area contributed by atoms with Gasteiger partial charge in [0.15, 0.2) is 0 Å². The molecule has 1 amide bonds. The molecule has 0 radical (unpaired) electrons. The highest BCUT2D eigenvalue weighted by Gasteiger charge is 2.33. The standard InChI is InChI=1S/C11H11F3N4OS/c12-11(13,14)6-2-1-5-7(16)8(20-10(5)18-6)9(19)17-4-3-15/h1-2H,3-4,15-16H2,(H,17,19). The normalized spacial score (nSPS) is 11.8. The van der Waals surface area contributed by atoms with Crippen molar-refractivity contribution < 1.29 is 18.0 Å². The van der Waals surface area contributed by atoms with E-state index in [9.17, 15) is 18.0 Å². The van der Waals surface area contributed by atoms with Crippen LogP contribution in [-0.2, 0) is 6.18 Å². The average molecular weight is 304 g/mol. The first-order valence-corrected chi connectivity index (χ1v) is 6.40. The molecule has 0 aliphatic rings. The molecule has 0 aromatic carbocycles. The molecule has 2 heterocycles. The zero-order chi connectivity index (χ0) is 14.9. The van der Waals surface area contributed by atoms with Crippen LogP contribution in [0.25, 0.3) is 10.2 Å². The summed E-state index contributed by atoms with van der Waals surface area (Å²) in [6.07, 6.45) is -4.53. The number of amides is 1. The molecule has 0 aliphatic heterocycles. The highest BCUT2D eigenvalue weighted by Crippen LogP contribution is 2.35. The number of carbonyl (C=O) groups is 1. The summed E-state index contributed by atoms with van der Waals surface area (Å²) in [6, 6.07) is 2.06. The van der Waals surface area contributed by atoms with Gasteiger partial charge in [-0.05, 0) is 12.1 Å². The Morgan fingerprint density at radius 3 is 2.70 bits per heavy atom. The number of thiophene rings is 1. The Morgan fingerprint density at radius 1 is 1.40 bits per heavy atom. The van der Waals surface area contributed by atoms with Crippen molar-refractivity contribution in [2.24, 2.45) is 5.73 Å². The number of nitrogens with two attached hydrogens (primary N) is 2. The summed E-state index contributed by atoms with van der Waals surface area (Å²) in [5.74, 6) is -0.468. The highest BCUT2D eigenvalue weighted by atomic mass is 32.1. The van der Waals surface area contributed by atoms with Gasteiger partial charge in [0.05, 0.1) is 5.69 Å². The van der Waals surface area contributed by atoms with E-state index in [4.69, 9.17) is 11.5 Å². The maximum Gasteiger partial charge on any atom is 0.433 e. The van der Waals surface area contributed by atoms with E-state index in [0.717, 1.165) is 17.4 Å². The molecule has 20 heavy (non-hydrogen) atoms. The van der Waals surface area contributed by atoms with Crippen LogP contribution < -0.4 is 16.8 Å². The van der Waals surface area contributed by atoms with Crippen LogP contribution in [0.1, 0.15) is 15.4 Å². The lowest BCUT2D eigenvalue weighted by Gasteiger charge is -2.04. The number of nitrogens with one attached hydrogen (secondary N) is 1. The second kappa shape index (κ2) is 5.25. The van der Waals surface area contributed by atoms with Gasteiger partial charge in [-0.1, -0.05) is 0 Å². The lowest BCUT2D eigenvalue weighted by molar-refractivity contribution is -0.140. The van der Waals surface area contributed by atoms with Crippen molar-refractivity contribution >= 4 is 33.1 Å². The fourth-order valence-electron chi connectivity index (χ4n) is 1.59. The van der Waals surface area contributed by atoms with Crippen LogP contribution in [0, 0.1) is 0 Å². The minimum atomic E-state index is -4.53. The molecule has 0 saturated heterocycles. The molecule has 5 N–H and O–H groups in total. The summed E-state index contributed by atoms with van der Waals surface area (Å²) in [7, 11) is 0. The van der Waals surface area contributed by atoms with Crippen molar-refractivity contribution in [3.63, 3.8) is 0 Å². The first-order chi connectivity index (χ1) is 9.34. The Bertz CT molecular complexity index is 653. The molecule has 108 valence electrons. The Kier molecular flexibility index (Phi) is 3.82. The Morgan fingerprint density at radius 2 is 2.10 bits per heavy atom. The summed E-state index contributed by atoms with van der Waals surface area (Å²) >= 11 is 0.824. The van der Waals surface area contributed by atoms with E-state index >= 15 is 0 Å². The first-order valence-electron chi connectivity index (χ1n) is 5.59. The van der Waals surface area contributed by atoms with Gasteiger partial charge in [-0.2, -0.15) is 13.2 Å². The van der Waals surface area contributed by atoms with Crippen molar-refractivity contribution in [3.8, 4) is 0 Å². The van der Waals surface area contributed by atoms with E-state index in [-0.39, 0.29) is 28.5 Å². The molecule has 2 rings (SSSR count). The van der Waals surface area contributed by atoms with Gasteiger partial charge in [-0.3, -0.25) is 4.79 Å². The zero-order valence-electron chi connectivity index (χ0n) is 10.1. The number of rotatable bonds is 3. The molecular formula is C11H11F3N4OS. The number of nitrogens with zero attached hydrogens (tertiary/aromatic N) is 1. The van der Waals surface area contributed by atoms with Crippen LogP contribution in [0.3, 0.4) is 0 Å². The second-order valence-corrected chi connectivity index (χ2v) is 4.94. The molecule has 0 fully saturated rings. The largest absolute Gasteiger partial charge is 0.433 e. The Hall–Kier alpha value is -1.87.